The van der Waals surface area contributed by atoms with E-state index in [-0.39, 0.29) is 5.91 Å². The Bertz CT molecular complexity index is 280. The van der Waals surface area contributed by atoms with Gasteiger partial charge in [0.15, 0.2) is 0 Å². The number of allylic oxidation sites excluding steroid dienone is 3. The summed E-state index contributed by atoms with van der Waals surface area (Å²) in [5.74, 6) is 0.779. The fourth-order valence-electron chi connectivity index (χ4n) is 2.51. The Kier molecular flexibility index (Phi) is 2.71. The summed E-state index contributed by atoms with van der Waals surface area (Å²) in [6.07, 6.45) is 12.0. The second-order valence-corrected chi connectivity index (χ2v) is 4.13. The van der Waals surface area contributed by atoms with Crippen LogP contribution in [0, 0.1) is 5.92 Å². The molecule has 0 aromatic carbocycles. The molecule has 76 valence electrons. The fourth-order valence-corrected chi connectivity index (χ4v) is 2.51. The molecule has 1 aliphatic carbocycles. The van der Waals surface area contributed by atoms with Gasteiger partial charge < -0.3 is 4.90 Å². The Morgan fingerprint density at radius 1 is 1.43 bits per heavy atom. The first-order valence-corrected chi connectivity index (χ1v) is 5.39. The zero-order chi connectivity index (χ0) is 9.97. The van der Waals surface area contributed by atoms with Crippen molar-refractivity contribution in [2.24, 2.45) is 5.92 Å². The molecule has 1 saturated heterocycles. The first kappa shape index (κ1) is 9.50. The van der Waals surface area contributed by atoms with Gasteiger partial charge in [-0.25, -0.2) is 0 Å². The quantitative estimate of drug-likeness (QED) is 0.621. The van der Waals surface area contributed by atoms with E-state index in [0.717, 1.165) is 19.4 Å². The predicted molar refractivity (Wildman–Crippen MR) is 56.8 cm³/mol. The van der Waals surface area contributed by atoms with Crippen LogP contribution in [0.4, 0.5) is 0 Å². The number of likely N-dealkylation sites (tertiary alicyclic amines) is 1. The van der Waals surface area contributed by atoms with Gasteiger partial charge in [0.1, 0.15) is 0 Å². The highest BCUT2D eigenvalue weighted by atomic mass is 16.2. The maximum absolute atomic E-state index is 11.4. The Hall–Kier alpha value is -1.05. The first-order valence-electron chi connectivity index (χ1n) is 5.39. The number of amides is 1. The van der Waals surface area contributed by atoms with Crippen LogP contribution in [0.1, 0.15) is 26.2 Å². The molecule has 1 heterocycles. The van der Waals surface area contributed by atoms with Crippen LogP contribution < -0.4 is 0 Å². The molecule has 2 heteroatoms. The summed E-state index contributed by atoms with van der Waals surface area (Å²) in [5, 5.41) is 0. The minimum Gasteiger partial charge on any atom is -0.339 e. The van der Waals surface area contributed by atoms with Gasteiger partial charge in [-0.3, -0.25) is 4.79 Å². The molecule has 0 spiro atoms. The first-order chi connectivity index (χ1) is 6.79. The van der Waals surface area contributed by atoms with Gasteiger partial charge in [-0.15, -0.1) is 0 Å². The van der Waals surface area contributed by atoms with E-state index in [1.165, 1.54) is 6.42 Å². The molecule has 0 N–H and O–H groups in total. The molecule has 2 aliphatic rings. The lowest BCUT2D eigenvalue weighted by Gasteiger charge is -2.29. The average molecular weight is 191 g/mol. The van der Waals surface area contributed by atoms with Gasteiger partial charge in [0.2, 0.25) is 5.91 Å². The van der Waals surface area contributed by atoms with E-state index in [2.05, 4.69) is 24.3 Å². The number of carbonyl (C=O) groups is 1. The topological polar surface area (TPSA) is 20.3 Å². The maximum atomic E-state index is 11.4. The molecule has 2 rings (SSSR count). The zero-order valence-electron chi connectivity index (χ0n) is 8.65. The minimum atomic E-state index is 0.232. The molecular weight excluding hydrogens is 174 g/mol. The number of nitrogens with zero attached hydrogens (tertiary/aromatic N) is 1. The summed E-state index contributed by atoms with van der Waals surface area (Å²) in [5.41, 5.74) is 0. The van der Waals surface area contributed by atoms with Crippen molar-refractivity contribution in [3.8, 4) is 0 Å². The van der Waals surface area contributed by atoms with Crippen molar-refractivity contribution in [1.82, 2.24) is 4.90 Å². The molecule has 0 aromatic rings. The van der Waals surface area contributed by atoms with Gasteiger partial charge >= 0.3 is 0 Å². The standard InChI is InChI=1S/C12H17NO/c1-10(14)13-9-5-8-12(13)11-6-3-2-4-7-11/h2-4,6,11-12H,5,7-9H2,1H3/t11?,12-/m0/s1. The van der Waals surface area contributed by atoms with E-state index in [9.17, 15) is 4.79 Å². The molecule has 0 radical (unpaired) electrons. The fraction of sp³-hybridized carbons (Fsp3) is 0.583. The van der Waals surface area contributed by atoms with E-state index < -0.39 is 0 Å². The largest absolute Gasteiger partial charge is 0.339 e. The highest BCUT2D eigenvalue weighted by molar-refractivity contribution is 5.74. The number of carbonyl (C=O) groups excluding carboxylic acids is 1. The van der Waals surface area contributed by atoms with Crippen molar-refractivity contribution in [3.05, 3.63) is 24.3 Å². The van der Waals surface area contributed by atoms with Crippen LogP contribution in [0.3, 0.4) is 0 Å². The molecule has 0 saturated carbocycles. The molecular formula is C12H17NO. The number of hydrogen-bond donors (Lipinski definition) is 0. The number of rotatable bonds is 1. The predicted octanol–water partition coefficient (Wildman–Crippen LogP) is 2.13. The third-order valence-corrected chi connectivity index (χ3v) is 3.21. The van der Waals surface area contributed by atoms with Gasteiger partial charge in [-0.1, -0.05) is 24.3 Å². The summed E-state index contributed by atoms with van der Waals surface area (Å²) >= 11 is 0. The Morgan fingerprint density at radius 3 is 2.93 bits per heavy atom. The molecule has 0 bridgehead atoms. The van der Waals surface area contributed by atoms with Crippen LogP contribution in [0.2, 0.25) is 0 Å². The molecule has 1 aliphatic heterocycles. The molecule has 1 fully saturated rings. The summed E-state index contributed by atoms with van der Waals surface area (Å²) in [7, 11) is 0. The third-order valence-electron chi connectivity index (χ3n) is 3.21. The van der Waals surface area contributed by atoms with Crippen molar-refractivity contribution in [1.29, 1.82) is 0 Å². The highest BCUT2D eigenvalue weighted by Gasteiger charge is 2.31. The Morgan fingerprint density at radius 2 is 2.29 bits per heavy atom. The molecule has 0 aromatic heterocycles. The van der Waals surface area contributed by atoms with Crippen LogP contribution in [-0.4, -0.2) is 23.4 Å². The van der Waals surface area contributed by atoms with Crippen molar-refractivity contribution < 1.29 is 4.79 Å². The van der Waals surface area contributed by atoms with Crippen LogP contribution in [-0.2, 0) is 4.79 Å². The van der Waals surface area contributed by atoms with Gasteiger partial charge in [0, 0.05) is 25.4 Å². The molecule has 14 heavy (non-hydrogen) atoms. The smallest absolute Gasteiger partial charge is 0.219 e. The van der Waals surface area contributed by atoms with Crippen molar-refractivity contribution in [2.45, 2.75) is 32.2 Å². The molecule has 2 atom stereocenters. The van der Waals surface area contributed by atoms with Crippen LogP contribution >= 0.6 is 0 Å². The average Bonchev–Trinajstić information content (AvgIpc) is 2.67. The normalized spacial score (nSPS) is 31.1. The van der Waals surface area contributed by atoms with Gasteiger partial charge in [-0.05, 0) is 19.3 Å². The van der Waals surface area contributed by atoms with E-state index in [1.807, 2.05) is 4.90 Å². The molecule has 1 unspecified atom stereocenters. The Labute approximate surface area is 85.3 Å². The minimum absolute atomic E-state index is 0.232. The summed E-state index contributed by atoms with van der Waals surface area (Å²) in [6.45, 7) is 2.63. The maximum Gasteiger partial charge on any atom is 0.219 e. The van der Waals surface area contributed by atoms with Crippen molar-refractivity contribution >= 4 is 5.91 Å². The molecule has 1 amide bonds. The second kappa shape index (κ2) is 3.99. The zero-order valence-corrected chi connectivity index (χ0v) is 8.65. The van der Waals surface area contributed by atoms with Gasteiger partial charge in [0.25, 0.3) is 0 Å². The summed E-state index contributed by atoms with van der Waals surface area (Å²) in [6, 6.07) is 0.453. The molecule has 2 nitrogen and oxygen atoms in total. The van der Waals surface area contributed by atoms with Crippen LogP contribution in [0.15, 0.2) is 24.3 Å². The SMILES string of the molecule is CC(=O)N1CCC[C@H]1C1C=CC=CC1. The van der Waals surface area contributed by atoms with E-state index in [0.29, 0.717) is 12.0 Å². The third kappa shape index (κ3) is 1.74. The van der Waals surface area contributed by atoms with Gasteiger partial charge in [-0.2, -0.15) is 0 Å². The summed E-state index contributed by atoms with van der Waals surface area (Å²) < 4.78 is 0. The number of hydrogen-bond acceptors (Lipinski definition) is 1. The van der Waals surface area contributed by atoms with Gasteiger partial charge in [0.05, 0.1) is 0 Å². The van der Waals surface area contributed by atoms with Crippen LogP contribution in [0.5, 0.6) is 0 Å². The highest BCUT2D eigenvalue weighted by Crippen LogP contribution is 2.28. The lowest BCUT2D eigenvalue weighted by Crippen LogP contribution is -2.38. The van der Waals surface area contributed by atoms with Crippen molar-refractivity contribution in [3.63, 3.8) is 0 Å². The van der Waals surface area contributed by atoms with E-state index >= 15 is 0 Å². The van der Waals surface area contributed by atoms with Crippen molar-refractivity contribution in [2.75, 3.05) is 6.54 Å². The lowest BCUT2D eigenvalue weighted by molar-refractivity contribution is -0.130. The Balaban J connectivity index is 2.05. The van der Waals surface area contributed by atoms with E-state index in [4.69, 9.17) is 0 Å². The second-order valence-electron chi connectivity index (χ2n) is 4.13. The van der Waals surface area contributed by atoms with E-state index in [1.54, 1.807) is 6.92 Å². The van der Waals surface area contributed by atoms with Crippen LogP contribution in [0.25, 0.3) is 0 Å². The summed E-state index contributed by atoms with van der Waals surface area (Å²) in [4.78, 5) is 13.4. The lowest BCUT2D eigenvalue weighted by atomic mass is 9.91. The monoisotopic (exact) mass is 191 g/mol.